The lowest BCUT2D eigenvalue weighted by atomic mass is 9.97. The Hall–Kier alpha value is -2.73. The predicted octanol–water partition coefficient (Wildman–Crippen LogP) is 3.57. The van der Waals surface area contributed by atoms with Crippen molar-refractivity contribution in [3.05, 3.63) is 72.1 Å². The van der Waals surface area contributed by atoms with E-state index in [0.29, 0.717) is 25.0 Å². The number of hydrogen-bond donors (Lipinski definition) is 0. The third kappa shape index (κ3) is 4.08. The number of rotatable bonds is 6. The van der Waals surface area contributed by atoms with Gasteiger partial charge in [0.25, 0.3) is 0 Å². The van der Waals surface area contributed by atoms with Gasteiger partial charge >= 0.3 is 0 Å². The summed E-state index contributed by atoms with van der Waals surface area (Å²) in [6, 6.07) is 16.1. The van der Waals surface area contributed by atoms with Crippen molar-refractivity contribution < 1.29 is 9.15 Å². The number of benzene rings is 1. The summed E-state index contributed by atoms with van der Waals surface area (Å²) < 4.78 is 11.5. The van der Waals surface area contributed by atoms with Gasteiger partial charge in [-0.3, -0.25) is 0 Å². The van der Waals surface area contributed by atoms with E-state index in [-0.39, 0.29) is 0 Å². The van der Waals surface area contributed by atoms with Crippen LogP contribution >= 0.6 is 0 Å². The second kappa shape index (κ2) is 8.10. The van der Waals surface area contributed by atoms with Gasteiger partial charge in [-0.1, -0.05) is 36.4 Å². The molecular weight excluding hydrogens is 328 g/mol. The highest BCUT2D eigenvalue weighted by Gasteiger charge is 2.25. The first-order valence-corrected chi connectivity index (χ1v) is 8.98. The van der Waals surface area contributed by atoms with Crippen LogP contribution in [0.15, 0.2) is 59.1 Å². The van der Waals surface area contributed by atoms with Crippen molar-refractivity contribution in [2.24, 2.45) is 0 Å². The first kappa shape index (κ1) is 16.7. The fourth-order valence-corrected chi connectivity index (χ4v) is 3.22. The van der Waals surface area contributed by atoms with Gasteiger partial charge in [-0.05, 0) is 30.5 Å². The summed E-state index contributed by atoms with van der Waals surface area (Å²) in [6.07, 6.45) is 3.81. The Bertz CT molecular complexity index is 799. The minimum absolute atomic E-state index is 0.310. The molecule has 0 saturated carbocycles. The number of piperidine rings is 1. The highest BCUT2D eigenvalue weighted by Crippen LogP contribution is 2.29. The van der Waals surface area contributed by atoms with Crippen molar-refractivity contribution in [1.29, 1.82) is 0 Å². The Kier molecular flexibility index (Phi) is 5.21. The Balaban J connectivity index is 1.27. The molecular formula is C20H22N4O2. The molecule has 3 heterocycles. The lowest BCUT2D eigenvalue weighted by Crippen LogP contribution is -2.33. The molecule has 1 aliphatic heterocycles. The zero-order chi connectivity index (χ0) is 17.6. The predicted molar refractivity (Wildman–Crippen MR) is 97.7 cm³/mol. The highest BCUT2D eigenvalue weighted by atomic mass is 16.5. The standard InChI is InChI=1S/C20H22N4O2/c1-2-6-16(7-3-1)14-25-15-19-22-23-20(26-19)17-9-12-24(13-10-17)18-8-4-5-11-21-18/h1-8,11,17H,9-10,12-15H2. The summed E-state index contributed by atoms with van der Waals surface area (Å²) in [4.78, 5) is 6.72. The fourth-order valence-electron chi connectivity index (χ4n) is 3.22. The molecule has 0 atom stereocenters. The topological polar surface area (TPSA) is 64.3 Å². The van der Waals surface area contributed by atoms with E-state index >= 15 is 0 Å². The van der Waals surface area contributed by atoms with Crippen LogP contribution in [0.25, 0.3) is 0 Å². The third-order valence-corrected chi connectivity index (χ3v) is 4.64. The van der Waals surface area contributed by atoms with Crippen molar-refractivity contribution >= 4 is 5.82 Å². The average Bonchev–Trinajstić information content (AvgIpc) is 3.19. The van der Waals surface area contributed by atoms with Gasteiger partial charge in [0.15, 0.2) is 0 Å². The molecule has 1 saturated heterocycles. The van der Waals surface area contributed by atoms with Crippen LogP contribution in [0.3, 0.4) is 0 Å². The van der Waals surface area contributed by atoms with Gasteiger partial charge in [-0.15, -0.1) is 10.2 Å². The van der Waals surface area contributed by atoms with Gasteiger partial charge in [0.1, 0.15) is 12.4 Å². The van der Waals surface area contributed by atoms with Crippen LogP contribution in [0.4, 0.5) is 5.82 Å². The summed E-state index contributed by atoms with van der Waals surface area (Å²) in [5.74, 6) is 2.61. The SMILES string of the molecule is c1ccc(COCc2nnc(C3CCN(c4ccccn4)CC3)o2)cc1. The second-order valence-electron chi connectivity index (χ2n) is 6.46. The lowest BCUT2D eigenvalue weighted by molar-refractivity contribution is 0.0881. The molecule has 1 aliphatic rings. The molecule has 0 aliphatic carbocycles. The monoisotopic (exact) mass is 350 g/mol. The van der Waals surface area contributed by atoms with Crippen molar-refractivity contribution in [2.45, 2.75) is 32.0 Å². The smallest absolute Gasteiger partial charge is 0.242 e. The van der Waals surface area contributed by atoms with E-state index in [9.17, 15) is 0 Å². The maximum atomic E-state index is 5.82. The van der Waals surface area contributed by atoms with E-state index < -0.39 is 0 Å². The fraction of sp³-hybridized carbons (Fsp3) is 0.350. The molecule has 6 nitrogen and oxygen atoms in total. The molecule has 134 valence electrons. The van der Waals surface area contributed by atoms with Crippen molar-refractivity contribution in [2.75, 3.05) is 18.0 Å². The van der Waals surface area contributed by atoms with Gasteiger partial charge in [0.2, 0.25) is 11.8 Å². The van der Waals surface area contributed by atoms with E-state index in [1.807, 2.05) is 48.7 Å². The van der Waals surface area contributed by atoms with Gasteiger partial charge in [0, 0.05) is 25.2 Å². The van der Waals surface area contributed by atoms with Crippen LogP contribution < -0.4 is 4.90 Å². The van der Waals surface area contributed by atoms with Crippen LogP contribution in [-0.2, 0) is 18.0 Å². The summed E-state index contributed by atoms with van der Waals surface area (Å²) in [6.45, 7) is 2.78. The number of nitrogens with zero attached hydrogens (tertiary/aromatic N) is 4. The van der Waals surface area contributed by atoms with E-state index in [4.69, 9.17) is 9.15 Å². The molecule has 0 unspecified atom stereocenters. The molecule has 2 aromatic heterocycles. The third-order valence-electron chi connectivity index (χ3n) is 4.64. The minimum Gasteiger partial charge on any atom is -0.422 e. The van der Waals surface area contributed by atoms with E-state index in [1.165, 1.54) is 0 Å². The molecule has 0 amide bonds. The van der Waals surface area contributed by atoms with Crippen molar-refractivity contribution in [1.82, 2.24) is 15.2 Å². The van der Waals surface area contributed by atoms with Crippen LogP contribution in [0.2, 0.25) is 0 Å². The lowest BCUT2D eigenvalue weighted by Gasteiger charge is -2.31. The molecule has 0 N–H and O–H groups in total. The van der Waals surface area contributed by atoms with Crippen molar-refractivity contribution in [3.8, 4) is 0 Å². The van der Waals surface area contributed by atoms with Gasteiger partial charge in [0.05, 0.1) is 6.61 Å². The van der Waals surface area contributed by atoms with E-state index in [1.54, 1.807) is 0 Å². The van der Waals surface area contributed by atoms with E-state index in [0.717, 1.165) is 43.2 Å². The van der Waals surface area contributed by atoms with Gasteiger partial charge in [-0.2, -0.15) is 0 Å². The number of aromatic nitrogens is 3. The number of pyridine rings is 1. The summed E-state index contributed by atoms with van der Waals surface area (Å²) in [5, 5.41) is 8.36. The second-order valence-corrected chi connectivity index (χ2v) is 6.46. The quantitative estimate of drug-likeness (QED) is 0.677. The van der Waals surface area contributed by atoms with E-state index in [2.05, 4.69) is 26.1 Å². The molecule has 3 aromatic rings. The zero-order valence-electron chi connectivity index (χ0n) is 14.6. The Morgan fingerprint density at radius 3 is 2.54 bits per heavy atom. The summed E-state index contributed by atoms with van der Waals surface area (Å²) in [5.41, 5.74) is 1.13. The minimum atomic E-state index is 0.310. The number of hydrogen-bond acceptors (Lipinski definition) is 6. The largest absolute Gasteiger partial charge is 0.422 e. The Morgan fingerprint density at radius 2 is 1.77 bits per heavy atom. The Labute approximate surface area is 152 Å². The normalized spacial score (nSPS) is 15.3. The van der Waals surface area contributed by atoms with Crippen LogP contribution in [-0.4, -0.2) is 28.3 Å². The first-order chi connectivity index (χ1) is 12.9. The number of ether oxygens (including phenoxy) is 1. The van der Waals surface area contributed by atoms with Gasteiger partial charge < -0.3 is 14.1 Å². The van der Waals surface area contributed by atoms with Crippen LogP contribution in [0.1, 0.15) is 36.1 Å². The van der Waals surface area contributed by atoms with Crippen LogP contribution in [0, 0.1) is 0 Å². The zero-order valence-corrected chi connectivity index (χ0v) is 14.6. The molecule has 1 fully saturated rings. The summed E-state index contributed by atoms with van der Waals surface area (Å²) >= 11 is 0. The van der Waals surface area contributed by atoms with Crippen molar-refractivity contribution in [3.63, 3.8) is 0 Å². The molecule has 4 rings (SSSR count). The first-order valence-electron chi connectivity index (χ1n) is 8.98. The van der Waals surface area contributed by atoms with Crippen LogP contribution in [0.5, 0.6) is 0 Å². The Morgan fingerprint density at radius 1 is 0.962 bits per heavy atom. The van der Waals surface area contributed by atoms with Gasteiger partial charge in [-0.25, -0.2) is 4.98 Å². The number of anilines is 1. The molecule has 6 heteroatoms. The molecule has 0 radical (unpaired) electrons. The highest BCUT2D eigenvalue weighted by molar-refractivity contribution is 5.38. The maximum Gasteiger partial charge on any atom is 0.242 e. The molecule has 0 spiro atoms. The molecule has 26 heavy (non-hydrogen) atoms. The molecule has 1 aromatic carbocycles. The molecule has 0 bridgehead atoms. The maximum absolute atomic E-state index is 5.82. The average molecular weight is 350 g/mol. The summed E-state index contributed by atoms with van der Waals surface area (Å²) in [7, 11) is 0.